The Kier molecular flexibility index (Phi) is 6.57. The van der Waals surface area contributed by atoms with E-state index in [4.69, 9.17) is 4.74 Å². The van der Waals surface area contributed by atoms with E-state index in [2.05, 4.69) is 19.2 Å². The van der Waals surface area contributed by atoms with Crippen LogP contribution in [0.5, 0.6) is 0 Å². The second-order valence-corrected chi connectivity index (χ2v) is 6.20. The first-order valence-corrected chi connectivity index (χ1v) is 8.24. The number of ether oxygens (including phenoxy) is 1. The van der Waals surface area contributed by atoms with Gasteiger partial charge in [-0.15, -0.1) is 0 Å². The van der Waals surface area contributed by atoms with Gasteiger partial charge in [-0.05, 0) is 22.6 Å². The van der Waals surface area contributed by atoms with Gasteiger partial charge in [-0.3, -0.25) is 0 Å². The van der Waals surface area contributed by atoms with Gasteiger partial charge in [0.15, 0.2) is 0 Å². The van der Waals surface area contributed by atoms with Crippen LogP contribution in [-0.2, 0) is 22.6 Å². The van der Waals surface area contributed by atoms with Crippen molar-refractivity contribution in [3.8, 4) is 0 Å². The summed E-state index contributed by atoms with van der Waals surface area (Å²) in [4.78, 5) is 23.3. The smallest absolute Gasteiger partial charge is 0.408 e. The quantitative estimate of drug-likeness (QED) is 0.804. The van der Waals surface area contributed by atoms with E-state index in [0.717, 1.165) is 11.1 Å². The van der Waals surface area contributed by atoms with Crippen molar-refractivity contribution in [2.24, 2.45) is 0 Å². The summed E-state index contributed by atoms with van der Waals surface area (Å²) in [6.45, 7) is 4.29. The SMILES string of the molecule is CC(C)c1ccc(CC(NC(=O)OCc2ccccc2)C(=O)O)cc1. The van der Waals surface area contributed by atoms with Gasteiger partial charge >= 0.3 is 12.1 Å². The molecule has 0 aliphatic rings. The van der Waals surface area contributed by atoms with Crippen LogP contribution >= 0.6 is 0 Å². The van der Waals surface area contributed by atoms with Gasteiger partial charge in [-0.25, -0.2) is 9.59 Å². The predicted octanol–water partition coefficient (Wildman–Crippen LogP) is 3.73. The average molecular weight is 341 g/mol. The molecule has 0 radical (unpaired) electrons. The molecule has 2 aromatic rings. The summed E-state index contributed by atoms with van der Waals surface area (Å²) in [6.07, 6.45) is -0.538. The van der Waals surface area contributed by atoms with Gasteiger partial charge in [0.05, 0.1) is 0 Å². The van der Waals surface area contributed by atoms with Crippen molar-refractivity contribution in [1.29, 1.82) is 0 Å². The molecule has 0 bridgehead atoms. The number of benzene rings is 2. The summed E-state index contributed by atoms with van der Waals surface area (Å²) in [6, 6.07) is 15.9. The third-order valence-electron chi connectivity index (χ3n) is 3.89. The minimum Gasteiger partial charge on any atom is -0.480 e. The fourth-order valence-corrected chi connectivity index (χ4v) is 2.38. The lowest BCUT2D eigenvalue weighted by Gasteiger charge is -2.15. The zero-order chi connectivity index (χ0) is 18.2. The molecule has 2 rings (SSSR count). The normalized spacial score (nSPS) is 11.8. The van der Waals surface area contributed by atoms with Gasteiger partial charge in [0.1, 0.15) is 12.6 Å². The fourth-order valence-electron chi connectivity index (χ4n) is 2.38. The van der Waals surface area contributed by atoms with Crippen molar-refractivity contribution >= 4 is 12.1 Å². The Bertz CT molecular complexity index is 695. The lowest BCUT2D eigenvalue weighted by Crippen LogP contribution is -2.42. The van der Waals surface area contributed by atoms with Crippen molar-refractivity contribution in [3.05, 3.63) is 71.3 Å². The molecule has 1 atom stereocenters. The Morgan fingerprint density at radius 1 is 1.00 bits per heavy atom. The maximum atomic E-state index is 11.9. The second kappa shape index (κ2) is 8.87. The molecule has 0 spiro atoms. The molecule has 0 aliphatic heterocycles. The number of aliphatic carboxylic acids is 1. The molecule has 2 aromatic carbocycles. The molecule has 0 saturated heterocycles. The first-order chi connectivity index (χ1) is 12.0. The van der Waals surface area contributed by atoms with E-state index in [1.54, 1.807) is 0 Å². The third kappa shape index (κ3) is 5.95. The number of carboxylic acid groups (broad SMARTS) is 1. The summed E-state index contributed by atoms with van der Waals surface area (Å²) < 4.78 is 5.08. The van der Waals surface area contributed by atoms with Gasteiger partial charge in [0, 0.05) is 6.42 Å². The third-order valence-corrected chi connectivity index (χ3v) is 3.89. The highest BCUT2D eigenvalue weighted by molar-refractivity contribution is 5.80. The minimum absolute atomic E-state index is 0.0993. The van der Waals surface area contributed by atoms with Crippen molar-refractivity contribution in [3.63, 3.8) is 0 Å². The van der Waals surface area contributed by atoms with Crippen LogP contribution in [0.2, 0.25) is 0 Å². The molecule has 132 valence electrons. The first kappa shape index (κ1) is 18.5. The van der Waals surface area contributed by atoms with Crippen LogP contribution in [0, 0.1) is 0 Å². The molecular weight excluding hydrogens is 318 g/mol. The number of carbonyl (C=O) groups excluding carboxylic acids is 1. The molecule has 0 fully saturated rings. The summed E-state index contributed by atoms with van der Waals surface area (Å²) in [5.74, 6) is -0.681. The Balaban J connectivity index is 1.91. The van der Waals surface area contributed by atoms with E-state index >= 15 is 0 Å². The van der Waals surface area contributed by atoms with Crippen molar-refractivity contribution in [2.45, 2.75) is 38.8 Å². The molecule has 1 amide bonds. The van der Waals surface area contributed by atoms with E-state index in [-0.39, 0.29) is 13.0 Å². The largest absolute Gasteiger partial charge is 0.480 e. The zero-order valence-corrected chi connectivity index (χ0v) is 14.4. The Hall–Kier alpha value is -2.82. The molecule has 0 heterocycles. The maximum Gasteiger partial charge on any atom is 0.408 e. The monoisotopic (exact) mass is 341 g/mol. The van der Waals surface area contributed by atoms with Crippen LogP contribution in [-0.4, -0.2) is 23.2 Å². The lowest BCUT2D eigenvalue weighted by atomic mass is 9.99. The molecule has 2 N–H and O–H groups in total. The zero-order valence-electron chi connectivity index (χ0n) is 14.4. The number of rotatable bonds is 7. The Morgan fingerprint density at radius 2 is 1.64 bits per heavy atom. The van der Waals surface area contributed by atoms with Gasteiger partial charge in [0.2, 0.25) is 0 Å². The fraction of sp³-hybridized carbons (Fsp3) is 0.300. The molecule has 5 nitrogen and oxygen atoms in total. The average Bonchev–Trinajstić information content (AvgIpc) is 2.60. The van der Waals surface area contributed by atoms with Gasteiger partial charge < -0.3 is 15.2 Å². The lowest BCUT2D eigenvalue weighted by molar-refractivity contribution is -0.139. The second-order valence-electron chi connectivity index (χ2n) is 6.20. The van der Waals surface area contributed by atoms with Crippen LogP contribution in [0.1, 0.15) is 36.5 Å². The molecule has 25 heavy (non-hydrogen) atoms. The summed E-state index contributed by atoms with van der Waals surface area (Å²) in [5, 5.41) is 11.8. The van der Waals surface area contributed by atoms with E-state index < -0.39 is 18.1 Å². The number of hydrogen-bond donors (Lipinski definition) is 2. The van der Waals surface area contributed by atoms with Gasteiger partial charge in [-0.2, -0.15) is 0 Å². The maximum absolute atomic E-state index is 11.9. The van der Waals surface area contributed by atoms with Crippen LogP contribution in [0.3, 0.4) is 0 Å². The van der Waals surface area contributed by atoms with Gasteiger partial charge in [-0.1, -0.05) is 68.4 Å². The highest BCUT2D eigenvalue weighted by Crippen LogP contribution is 2.15. The molecule has 0 aromatic heterocycles. The minimum atomic E-state index is -1.09. The Morgan fingerprint density at radius 3 is 2.20 bits per heavy atom. The van der Waals surface area contributed by atoms with Crippen LogP contribution in [0.25, 0.3) is 0 Å². The molecule has 1 unspecified atom stereocenters. The predicted molar refractivity (Wildman–Crippen MR) is 95.4 cm³/mol. The summed E-state index contributed by atoms with van der Waals surface area (Å²) >= 11 is 0. The first-order valence-electron chi connectivity index (χ1n) is 8.24. The van der Waals surface area contributed by atoms with Crippen LogP contribution in [0.15, 0.2) is 54.6 Å². The van der Waals surface area contributed by atoms with Crippen molar-refractivity contribution in [2.75, 3.05) is 0 Å². The van der Waals surface area contributed by atoms with Crippen LogP contribution in [0.4, 0.5) is 4.79 Å². The number of nitrogens with one attached hydrogen (secondary N) is 1. The van der Waals surface area contributed by atoms with E-state index in [1.165, 1.54) is 5.56 Å². The highest BCUT2D eigenvalue weighted by atomic mass is 16.5. The van der Waals surface area contributed by atoms with Crippen LogP contribution < -0.4 is 5.32 Å². The number of hydrogen-bond acceptors (Lipinski definition) is 3. The molecule has 5 heteroatoms. The van der Waals surface area contributed by atoms with E-state index in [1.807, 2.05) is 54.6 Å². The highest BCUT2D eigenvalue weighted by Gasteiger charge is 2.21. The standard InChI is InChI=1S/C20H23NO4/c1-14(2)17-10-8-15(9-11-17)12-18(19(22)23)21-20(24)25-13-16-6-4-3-5-7-16/h3-11,14,18H,12-13H2,1-2H3,(H,21,24)(H,22,23). The molecular formula is C20H23NO4. The van der Waals surface area contributed by atoms with Crippen molar-refractivity contribution < 1.29 is 19.4 Å². The van der Waals surface area contributed by atoms with E-state index in [9.17, 15) is 14.7 Å². The number of carbonyl (C=O) groups is 2. The van der Waals surface area contributed by atoms with Gasteiger partial charge in [0.25, 0.3) is 0 Å². The molecule has 0 aliphatic carbocycles. The topological polar surface area (TPSA) is 75.6 Å². The Labute approximate surface area is 147 Å². The molecule has 0 saturated carbocycles. The number of amides is 1. The van der Waals surface area contributed by atoms with E-state index in [0.29, 0.717) is 5.92 Å². The number of alkyl carbamates (subject to hydrolysis) is 1. The number of carboxylic acids is 1. The summed E-state index contributed by atoms with van der Waals surface area (Å²) in [7, 11) is 0. The van der Waals surface area contributed by atoms with Crippen molar-refractivity contribution in [1.82, 2.24) is 5.32 Å². The summed E-state index contributed by atoms with van der Waals surface area (Å²) in [5.41, 5.74) is 2.87.